The van der Waals surface area contributed by atoms with Gasteiger partial charge in [0.1, 0.15) is 18.3 Å². The molecule has 1 aliphatic heterocycles. The summed E-state index contributed by atoms with van der Waals surface area (Å²) in [5, 5.41) is 2.82. The van der Waals surface area contributed by atoms with E-state index in [4.69, 9.17) is 4.74 Å². The lowest BCUT2D eigenvalue weighted by Gasteiger charge is -2.37. The molecule has 1 aliphatic carbocycles. The highest BCUT2D eigenvalue weighted by atomic mass is 16.5. The summed E-state index contributed by atoms with van der Waals surface area (Å²) in [6.07, 6.45) is 6.02. The van der Waals surface area contributed by atoms with Crippen LogP contribution in [0.5, 0.6) is 0 Å². The van der Waals surface area contributed by atoms with Crippen molar-refractivity contribution in [2.45, 2.75) is 31.7 Å². The van der Waals surface area contributed by atoms with Crippen LogP contribution >= 0.6 is 0 Å². The summed E-state index contributed by atoms with van der Waals surface area (Å²) in [5.74, 6) is -1.84. The standard InChI is InChI=1S/C19H21NO4/c21-17-10-4-9-16-14(17)12-15(18(22)20-16)19(23)24-11-5-8-13-6-2-1-3-7-13/h1-3,5-8,14-16H,4,9-12H2,(H,20,22)/b8-5+. The van der Waals surface area contributed by atoms with Crippen LogP contribution in [0.4, 0.5) is 0 Å². The highest BCUT2D eigenvalue weighted by Gasteiger charge is 2.44. The van der Waals surface area contributed by atoms with Crippen LogP contribution in [0.3, 0.4) is 0 Å². The Hall–Kier alpha value is -2.43. The Bertz CT molecular complexity index is 653. The van der Waals surface area contributed by atoms with Crippen molar-refractivity contribution in [2.24, 2.45) is 11.8 Å². The predicted molar refractivity (Wildman–Crippen MR) is 88.8 cm³/mol. The lowest BCUT2D eigenvalue weighted by atomic mass is 9.75. The second-order valence-electron chi connectivity index (χ2n) is 6.31. The molecule has 3 atom stereocenters. The summed E-state index contributed by atoms with van der Waals surface area (Å²) in [6.45, 7) is 0.111. The molecule has 0 bridgehead atoms. The molecule has 5 heteroatoms. The first-order chi connectivity index (χ1) is 11.6. The maximum absolute atomic E-state index is 12.2. The largest absolute Gasteiger partial charge is 0.461 e. The van der Waals surface area contributed by atoms with Crippen LogP contribution in [0.1, 0.15) is 31.2 Å². The number of Topliss-reactive ketones (excluding diaryl/α,β-unsaturated/α-hetero) is 1. The Balaban J connectivity index is 1.53. The van der Waals surface area contributed by atoms with E-state index in [1.54, 1.807) is 6.08 Å². The summed E-state index contributed by atoms with van der Waals surface area (Å²) in [4.78, 5) is 36.3. The van der Waals surface area contributed by atoms with E-state index >= 15 is 0 Å². The Kier molecular flexibility index (Phi) is 5.08. The third-order valence-corrected chi connectivity index (χ3v) is 4.69. The van der Waals surface area contributed by atoms with E-state index in [9.17, 15) is 14.4 Å². The number of rotatable bonds is 4. The lowest BCUT2D eigenvalue weighted by molar-refractivity contribution is -0.155. The fraction of sp³-hybridized carbons (Fsp3) is 0.421. The van der Waals surface area contributed by atoms with Gasteiger partial charge in [0, 0.05) is 18.4 Å². The van der Waals surface area contributed by atoms with Gasteiger partial charge in [-0.2, -0.15) is 0 Å². The van der Waals surface area contributed by atoms with E-state index in [1.165, 1.54) is 0 Å². The molecule has 0 spiro atoms. The number of carbonyl (C=O) groups excluding carboxylic acids is 3. The molecule has 5 nitrogen and oxygen atoms in total. The third kappa shape index (κ3) is 3.72. The van der Waals surface area contributed by atoms with E-state index in [0.29, 0.717) is 6.42 Å². The molecule has 2 fully saturated rings. The molecule has 3 unspecified atom stereocenters. The Morgan fingerprint density at radius 3 is 2.83 bits per heavy atom. The monoisotopic (exact) mass is 327 g/mol. The fourth-order valence-electron chi connectivity index (χ4n) is 3.40. The van der Waals surface area contributed by atoms with Crippen molar-refractivity contribution in [1.82, 2.24) is 5.32 Å². The molecule has 1 N–H and O–H groups in total. The molecule has 1 saturated heterocycles. The number of esters is 1. The molecule has 1 aromatic carbocycles. The van der Waals surface area contributed by atoms with Gasteiger partial charge in [-0.3, -0.25) is 14.4 Å². The maximum Gasteiger partial charge on any atom is 0.318 e. The fourth-order valence-corrected chi connectivity index (χ4v) is 3.40. The van der Waals surface area contributed by atoms with Gasteiger partial charge in [-0.25, -0.2) is 0 Å². The normalized spacial score (nSPS) is 26.8. The maximum atomic E-state index is 12.2. The Morgan fingerprint density at radius 2 is 2.04 bits per heavy atom. The number of piperidine rings is 1. The number of fused-ring (bicyclic) bond motifs is 1. The highest BCUT2D eigenvalue weighted by molar-refractivity contribution is 6.00. The van der Waals surface area contributed by atoms with Crippen molar-refractivity contribution < 1.29 is 19.1 Å². The minimum Gasteiger partial charge on any atom is -0.461 e. The molecular weight excluding hydrogens is 306 g/mol. The molecule has 1 amide bonds. The molecule has 1 saturated carbocycles. The van der Waals surface area contributed by atoms with Crippen LogP contribution in [-0.2, 0) is 19.1 Å². The van der Waals surface area contributed by atoms with E-state index < -0.39 is 11.9 Å². The van der Waals surface area contributed by atoms with Gasteiger partial charge >= 0.3 is 5.97 Å². The molecule has 0 radical (unpaired) electrons. The van der Waals surface area contributed by atoms with E-state index in [1.807, 2.05) is 36.4 Å². The zero-order valence-electron chi connectivity index (χ0n) is 13.4. The van der Waals surface area contributed by atoms with E-state index in [-0.39, 0.29) is 36.7 Å². The Labute approximate surface area is 141 Å². The predicted octanol–water partition coefficient (Wildman–Crippen LogP) is 2.12. The average Bonchev–Trinajstić information content (AvgIpc) is 2.59. The SMILES string of the molecule is O=C1NC2CCCC(=O)C2CC1C(=O)OC/C=C/c1ccccc1. The summed E-state index contributed by atoms with van der Waals surface area (Å²) < 4.78 is 5.19. The zero-order chi connectivity index (χ0) is 16.9. The topological polar surface area (TPSA) is 72.5 Å². The van der Waals surface area contributed by atoms with E-state index in [0.717, 1.165) is 18.4 Å². The second kappa shape index (κ2) is 7.43. The van der Waals surface area contributed by atoms with Gasteiger partial charge in [0.2, 0.25) is 5.91 Å². The number of amides is 1. The molecule has 3 rings (SSSR count). The molecule has 1 heterocycles. The number of ether oxygens (including phenoxy) is 1. The number of benzene rings is 1. The molecular formula is C19H21NO4. The number of hydrogen-bond acceptors (Lipinski definition) is 4. The number of carbonyl (C=O) groups is 3. The van der Waals surface area contributed by atoms with Crippen LogP contribution in [-0.4, -0.2) is 30.3 Å². The minimum atomic E-state index is -0.876. The number of nitrogens with one attached hydrogen (secondary N) is 1. The lowest BCUT2D eigenvalue weighted by Crippen LogP contribution is -2.55. The molecule has 24 heavy (non-hydrogen) atoms. The van der Waals surface area contributed by atoms with E-state index in [2.05, 4.69) is 5.32 Å². The third-order valence-electron chi connectivity index (χ3n) is 4.69. The second-order valence-corrected chi connectivity index (χ2v) is 6.31. The summed E-state index contributed by atoms with van der Waals surface area (Å²) in [6, 6.07) is 9.56. The van der Waals surface area contributed by atoms with Gasteiger partial charge in [0.15, 0.2) is 0 Å². The number of hydrogen-bond donors (Lipinski definition) is 1. The quantitative estimate of drug-likeness (QED) is 0.679. The first kappa shape index (κ1) is 16.4. The van der Waals surface area contributed by atoms with Gasteiger partial charge in [-0.15, -0.1) is 0 Å². The van der Waals surface area contributed by atoms with Crippen LogP contribution in [0, 0.1) is 11.8 Å². The summed E-state index contributed by atoms with van der Waals surface area (Å²) >= 11 is 0. The summed E-state index contributed by atoms with van der Waals surface area (Å²) in [7, 11) is 0. The van der Waals surface area contributed by atoms with Gasteiger partial charge in [0.25, 0.3) is 0 Å². The molecule has 0 aromatic heterocycles. The minimum absolute atomic E-state index is 0.110. The molecule has 2 aliphatic rings. The van der Waals surface area contributed by atoms with Crippen molar-refractivity contribution >= 4 is 23.7 Å². The van der Waals surface area contributed by atoms with Crippen LogP contribution in [0.25, 0.3) is 6.08 Å². The van der Waals surface area contributed by atoms with Crippen LogP contribution in [0.2, 0.25) is 0 Å². The van der Waals surface area contributed by atoms with Crippen LogP contribution < -0.4 is 5.32 Å². The highest BCUT2D eigenvalue weighted by Crippen LogP contribution is 2.31. The van der Waals surface area contributed by atoms with Crippen molar-refractivity contribution in [1.29, 1.82) is 0 Å². The first-order valence-electron chi connectivity index (χ1n) is 8.36. The molecule has 126 valence electrons. The van der Waals surface area contributed by atoms with Gasteiger partial charge < -0.3 is 10.1 Å². The van der Waals surface area contributed by atoms with Crippen LogP contribution in [0.15, 0.2) is 36.4 Å². The van der Waals surface area contributed by atoms with Gasteiger partial charge in [0.05, 0.1) is 0 Å². The average molecular weight is 327 g/mol. The smallest absolute Gasteiger partial charge is 0.318 e. The van der Waals surface area contributed by atoms with Crippen molar-refractivity contribution in [3.63, 3.8) is 0 Å². The van der Waals surface area contributed by atoms with Gasteiger partial charge in [-0.1, -0.05) is 36.4 Å². The van der Waals surface area contributed by atoms with Crippen molar-refractivity contribution in [2.75, 3.05) is 6.61 Å². The van der Waals surface area contributed by atoms with Gasteiger partial charge in [-0.05, 0) is 30.9 Å². The number of ketones is 1. The Morgan fingerprint density at radius 1 is 1.25 bits per heavy atom. The summed E-state index contributed by atoms with van der Waals surface area (Å²) in [5.41, 5.74) is 1.01. The van der Waals surface area contributed by atoms with Crippen molar-refractivity contribution in [3.05, 3.63) is 42.0 Å². The van der Waals surface area contributed by atoms with Crippen molar-refractivity contribution in [3.8, 4) is 0 Å². The molecule has 1 aromatic rings. The zero-order valence-corrected chi connectivity index (χ0v) is 13.4. The first-order valence-corrected chi connectivity index (χ1v) is 8.36.